The van der Waals surface area contributed by atoms with E-state index in [9.17, 15) is 9.50 Å². The van der Waals surface area contributed by atoms with Gasteiger partial charge in [0.25, 0.3) is 0 Å². The van der Waals surface area contributed by atoms with E-state index in [0.29, 0.717) is 15.6 Å². The molecule has 2 aromatic rings. The molecule has 1 aromatic heterocycles. The normalized spacial score (nSPS) is 12.4. The number of aliphatic hydroxyl groups is 1. The van der Waals surface area contributed by atoms with Crippen molar-refractivity contribution in [2.75, 3.05) is 0 Å². The summed E-state index contributed by atoms with van der Waals surface area (Å²) >= 11 is 6.48. The maximum Gasteiger partial charge on any atom is 0.127 e. The van der Waals surface area contributed by atoms with Crippen molar-refractivity contribution < 1.29 is 9.50 Å². The van der Waals surface area contributed by atoms with Gasteiger partial charge in [0.2, 0.25) is 0 Å². The highest BCUT2D eigenvalue weighted by Crippen LogP contribution is 2.23. The summed E-state index contributed by atoms with van der Waals surface area (Å²) in [5, 5.41) is 10.1. The van der Waals surface area contributed by atoms with Crippen LogP contribution in [0.2, 0.25) is 0 Å². The van der Waals surface area contributed by atoms with Crippen LogP contribution in [0.3, 0.4) is 0 Å². The van der Waals surface area contributed by atoms with Gasteiger partial charge < -0.3 is 5.11 Å². The fourth-order valence-corrected chi connectivity index (χ4v) is 2.34. The fraction of sp³-hybridized carbons (Fsp3) is 0.154. The van der Waals surface area contributed by atoms with E-state index in [4.69, 9.17) is 0 Å². The second-order valence-corrected chi connectivity index (χ2v) is 5.72. The summed E-state index contributed by atoms with van der Waals surface area (Å²) in [6.45, 7) is 0. The Morgan fingerprint density at radius 3 is 2.61 bits per heavy atom. The van der Waals surface area contributed by atoms with Crippen LogP contribution in [-0.4, -0.2) is 10.1 Å². The lowest BCUT2D eigenvalue weighted by Crippen LogP contribution is -2.04. The van der Waals surface area contributed by atoms with Crippen molar-refractivity contribution in [2.45, 2.75) is 12.5 Å². The maximum absolute atomic E-state index is 13.6. The van der Waals surface area contributed by atoms with E-state index in [0.717, 1.165) is 4.47 Å². The van der Waals surface area contributed by atoms with Gasteiger partial charge in [-0.15, -0.1) is 0 Å². The predicted octanol–water partition coefficient (Wildman–Crippen LogP) is 4.02. The second-order valence-electron chi connectivity index (χ2n) is 3.89. The van der Waals surface area contributed by atoms with Gasteiger partial charge in [-0.05, 0) is 39.7 Å². The first-order valence-electron chi connectivity index (χ1n) is 5.28. The van der Waals surface area contributed by atoms with E-state index in [1.165, 1.54) is 6.07 Å². The van der Waals surface area contributed by atoms with Crippen LogP contribution in [0.25, 0.3) is 0 Å². The quantitative estimate of drug-likeness (QED) is 0.880. The molecule has 0 fully saturated rings. The molecular formula is C13H10Br2FNO. The highest BCUT2D eigenvalue weighted by molar-refractivity contribution is 9.10. The summed E-state index contributed by atoms with van der Waals surface area (Å²) in [6, 6.07) is 6.58. The first kappa shape index (κ1) is 13.6. The van der Waals surface area contributed by atoms with E-state index < -0.39 is 6.10 Å². The van der Waals surface area contributed by atoms with Gasteiger partial charge in [0.1, 0.15) is 5.82 Å². The van der Waals surface area contributed by atoms with Gasteiger partial charge in [-0.2, -0.15) is 0 Å². The standard InChI is InChI=1S/C13H10Br2FNO/c14-10-2-1-8(12(16)5-10)4-13(18)9-3-11(15)7-17-6-9/h1-3,5-7,13,18H,4H2. The zero-order valence-corrected chi connectivity index (χ0v) is 12.4. The number of hydrogen-bond donors (Lipinski definition) is 1. The molecule has 0 saturated carbocycles. The molecule has 2 nitrogen and oxygen atoms in total. The third-order valence-corrected chi connectivity index (χ3v) is 3.47. The lowest BCUT2D eigenvalue weighted by Gasteiger charge is -2.11. The largest absolute Gasteiger partial charge is 0.388 e. The molecule has 1 aromatic carbocycles. The molecule has 18 heavy (non-hydrogen) atoms. The number of rotatable bonds is 3. The molecule has 0 aliphatic carbocycles. The predicted molar refractivity (Wildman–Crippen MR) is 74.7 cm³/mol. The summed E-state index contributed by atoms with van der Waals surface area (Å²) in [5.74, 6) is -0.327. The van der Waals surface area contributed by atoms with Crippen LogP contribution in [0.15, 0.2) is 45.6 Å². The molecule has 5 heteroatoms. The Bertz CT molecular complexity index is 562. The van der Waals surface area contributed by atoms with Gasteiger partial charge in [-0.3, -0.25) is 4.98 Å². The minimum absolute atomic E-state index is 0.219. The van der Waals surface area contributed by atoms with Crippen molar-refractivity contribution in [3.8, 4) is 0 Å². The third kappa shape index (κ3) is 3.37. The molecule has 0 aliphatic heterocycles. The molecule has 2 rings (SSSR count). The number of pyridine rings is 1. The summed E-state index contributed by atoms with van der Waals surface area (Å²) in [6.07, 6.45) is 2.66. The van der Waals surface area contributed by atoms with Crippen LogP contribution in [0.4, 0.5) is 4.39 Å². The average molecular weight is 375 g/mol. The van der Waals surface area contributed by atoms with Crippen LogP contribution >= 0.6 is 31.9 Å². The van der Waals surface area contributed by atoms with Crippen molar-refractivity contribution in [3.63, 3.8) is 0 Å². The van der Waals surface area contributed by atoms with E-state index in [1.807, 2.05) is 0 Å². The molecular weight excluding hydrogens is 365 g/mol. The summed E-state index contributed by atoms with van der Waals surface area (Å²) in [5.41, 5.74) is 1.14. The molecule has 1 unspecified atom stereocenters. The number of aromatic nitrogens is 1. The highest BCUT2D eigenvalue weighted by atomic mass is 79.9. The topological polar surface area (TPSA) is 33.1 Å². The molecule has 0 aliphatic rings. The van der Waals surface area contributed by atoms with Crippen molar-refractivity contribution >= 4 is 31.9 Å². The van der Waals surface area contributed by atoms with Crippen LogP contribution in [0.5, 0.6) is 0 Å². The first-order chi connectivity index (χ1) is 8.56. The van der Waals surface area contributed by atoms with Gasteiger partial charge >= 0.3 is 0 Å². The molecule has 1 N–H and O–H groups in total. The highest BCUT2D eigenvalue weighted by Gasteiger charge is 2.12. The molecule has 1 heterocycles. The fourth-order valence-electron chi connectivity index (χ4n) is 1.62. The van der Waals surface area contributed by atoms with E-state index in [1.54, 1.807) is 30.6 Å². The SMILES string of the molecule is OC(Cc1ccc(Br)cc1F)c1cncc(Br)c1. The van der Waals surface area contributed by atoms with Crippen LogP contribution < -0.4 is 0 Å². The number of aliphatic hydroxyl groups excluding tert-OH is 1. The smallest absolute Gasteiger partial charge is 0.127 e. The van der Waals surface area contributed by atoms with Crippen molar-refractivity contribution in [1.82, 2.24) is 4.98 Å². The van der Waals surface area contributed by atoms with Crippen molar-refractivity contribution in [2.24, 2.45) is 0 Å². The third-order valence-electron chi connectivity index (χ3n) is 2.54. The zero-order valence-electron chi connectivity index (χ0n) is 9.28. The van der Waals surface area contributed by atoms with E-state index >= 15 is 0 Å². The van der Waals surface area contributed by atoms with Gasteiger partial charge in [-0.1, -0.05) is 22.0 Å². The van der Waals surface area contributed by atoms with Crippen molar-refractivity contribution in [1.29, 1.82) is 0 Å². The van der Waals surface area contributed by atoms with Gasteiger partial charge in [0, 0.05) is 33.3 Å². The summed E-state index contributed by atoms with van der Waals surface area (Å²) in [7, 11) is 0. The van der Waals surface area contributed by atoms with E-state index in [2.05, 4.69) is 36.8 Å². The monoisotopic (exact) mass is 373 g/mol. The lowest BCUT2D eigenvalue weighted by molar-refractivity contribution is 0.176. The van der Waals surface area contributed by atoms with Crippen molar-refractivity contribution in [3.05, 3.63) is 62.5 Å². The number of benzene rings is 1. The molecule has 0 saturated heterocycles. The Balaban J connectivity index is 2.18. The summed E-state index contributed by atoms with van der Waals surface area (Å²) < 4.78 is 15.1. The molecule has 0 bridgehead atoms. The number of nitrogens with zero attached hydrogens (tertiary/aromatic N) is 1. The van der Waals surface area contributed by atoms with E-state index in [-0.39, 0.29) is 12.2 Å². The van der Waals surface area contributed by atoms with Crippen LogP contribution in [0.1, 0.15) is 17.2 Å². The molecule has 0 spiro atoms. The Morgan fingerprint density at radius 2 is 1.94 bits per heavy atom. The Hall–Kier alpha value is -0.780. The Labute approximate surface area is 121 Å². The molecule has 0 amide bonds. The van der Waals surface area contributed by atoms with Gasteiger partial charge in [0.15, 0.2) is 0 Å². The molecule has 0 radical (unpaired) electrons. The van der Waals surface area contributed by atoms with Crippen LogP contribution in [-0.2, 0) is 6.42 Å². The Morgan fingerprint density at radius 1 is 1.17 bits per heavy atom. The van der Waals surface area contributed by atoms with Gasteiger partial charge in [-0.25, -0.2) is 4.39 Å². The zero-order chi connectivity index (χ0) is 13.1. The van der Waals surface area contributed by atoms with Gasteiger partial charge in [0.05, 0.1) is 6.10 Å². The maximum atomic E-state index is 13.6. The summed E-state index contributed by atoms with van der Waals surface area (Å²) in [4.78, 5) is 3.98. The minimum Gasteiger partial charge on any atom is -0.388 e. The minimum atomic E-state index is -0.773. The lowest BCUT2D eigenvalue weighted by atomic mass is 10.0. The second kappa shape index (κ2) is 5.91. The number of halogens is 3. The first-order valence-corrected chi connectivity index (χ1v) is 6.87. The average Bonchev–Trinajstić information content (AvgIpc) is 2.32. The molecule has 94 valence electrons. The number of hydrogen-bond acceptors (Lipinski definition) is 2. The van der Waals surface area contributed by atoms with Crippen LogP contribution in [0, 0.1) is 5.82 Å². The Kier molecular flexibility index (Phi) is 4.48. The molecule has 1 atom stereocenters.